The standard InChI is InChI=1S/C10H21.Al.FH/c1-3-5-7-9-10-8-6-4-2;;/h1,3-10H2,2H3;;1H/q;+1;/p-1. The lowest BCUT2D eigenvalue weighted by molar-refractivity contribution is 0.583. The number of rotatable bonds is 9. The lowest BCUT2D eigenvalue weighted by atomic mass is 10.1. The molecule has 0 spiro atoms. The van der Waals surface area contributed by atoms with Gasteiger partial charge in [-0.2, -0.15) is 0 Å². The summed E-state index contributed by atoms with van der Waals surface area (Å²) in [6.07, 6.45) is 10.6. The normalized spacial score (nSPS) is 10.2. The molecule has 71 valence electrons. The van der Waals surface area contributed by atoms with E-state index in [0.717, 1.165) is 11.7 Å². The van der Waals surface area contributed by atoms with Gasteiger partial charge >= 0.3 is 15.7 Å². The summed E-state index contributed by atoms with van der Waals surface area (Å²) in [5, 5.41) is 0.856. The Kier molecular flexibility index (Phi) is 11.9. The lowest BCUT2D eigenvalue weighted by Crippen LogP contribution is -1.82. The van der Waals surface area contributed by atoms with E-state index in [1.165, 1.54) is 44.9 Å². The summed E-state index contributed by atoms with van der Waals surface area (Å²) >= 11 is -0.732. The molecule has 0 N–H and O–H groups in total. The van der Waals surface area contributed by atoms with Crippen LogP contribution in [-0.4, -0.2) is 15.7 Å². The number of unbranched alkanes of at least 4 members (excludes halogenated alkanes) is 7. The molecule has 0 atom stereocenters. The topological polar surface area (TPSA) is 0 Å². The van der Waals surface area contributed by atoms with Gasteiger partial charge in [-0.3, -0.25) is 0 Å². The van der Waals surface area contributed by atoms with Gasteiger partial charge in [-0.05, 0) is 0 Å². The SMILES string of the molecule is CCCCCCCCC[CH2][Al][F]. The molecule has 0 aliphatic heterocycles. The molecule has 0 aromatic carbocycles. The second-order valence-corrected chi connectivity index (χ2v) is 4.30. The molecule has 0 heterocycles. The Balaban J connectivity index is 2.73. The molecule has 0 aromatic rings. The van der Waals surface area contributed by atoms with Crippen molar-refractivity contribution in [2.24, 2.45) is 0 Å². The Hall–Kier alpha value is 0.462. The quantitative estimate of drug-likeness (QED) is 0.376. The summed E-state index contributed by atoms with van der Waals surface area (Å²) in [5.74, 6) is 0. The maximum Gasteiger partial charge on any atom is 0.490 e. The Bertz CT molecular complexity index is 66.2. The first-order valence-electron chi connectivity index (χ1n) is 5.33. The predicted octanol–water partition coefficient (Wildman–Crippen LogP) is 4.13. The van der Waals surface area contributed by atoms with Gasteiger partial charge in [0, 0.05) is 0 Å². The molecule has 0 rings (SSSR count). The lowest BCUT2D eigenvalue weighted by Gasteiger charge is -1.99. The Labute approximate surface area is 83.1 Å². The smallest absolute Gasteiger partial charge is 0.432 e. The van der Waals surface area contributed by atoms with Crippen LogP contribution in [0.15, 0.2) is 0 Å². The highest BCUT2D eigenvalue weighted by atomic mass is 27.2. The molecule has 0 aromatic heterocycles. The molecular formula is C10H21AlF. The van der Waals surface area contributed by atoms with E-state index in [0.29, 0.717) is 0 Å². The number of hydrogen-bond acceptors (Lipinski definition) is 0. The molecule has 2 heteroatoms. The van der Waals surface area contributed by atoms with Crippen LogP contribution < -0.4 is 0 Å². The van der Waals surface area contributed by atoms with E-state index in [-0.39, 0.29) is 0 Å². The second-order valence-electron chi connectivity index (χ2n) is 3.42. The van der Waals surface area contributed by atoms with Gasteiger partial charge in [0.1, 0.15) is 0 Å². The summed E-state index contributed by atoms with van der Waals surface area (Å²) in [5.41, 5.74) is 0. The average Bonchev–Trinajstić information content (AvgIpc) is 2.10. The molecule has 0 aliphatic rings. The summed E-state index contributed by atoms with van der Waals surface area (Å²) in [4.78, 5) is 0. The van der Waals surface area contributed by atoms with Crippen molar-refractivity contribution in [2.75, 3.05) is 0 Å². The minimum Gasteiger partial charge on any atom is -0.432 e. The van der Waals surface area contributed by atoms with Crippen LogP contribution in [0.1, 0.15) is 58.3 Å². The van der Waals surface area contributed by atoms with Crippen LogP contribution in [0.25, 0.3) is 0 Å². The first kappa shape index (κ1) is 12.5. The van der Waals surface area contributed by atoms with Crippen molar-refractivity contribution < 1.29 is 3.52 Å². The van der Waals surface area contributed by atoms with Crippen molar-refractivity contribution in [2.45, 2.75) is 63.6 Å². The third-order valence-corrected chi connectivity index (χ3v) is 2.79. The van der Waals surface area contributed by atoms with Crippen molar-refractivity contribution >= 4 is 15.7 Å². The summed E-state index contributed by atoms with van der Waals surface area (Å²) in [6.45, 7) is 2.24. The van der Waals surface area contributed by atoms with Gasteiger partial charge in [0.25, 0.3) is 0 Å². The fourth-order valence-electron chi connectivity index (χ4n) is 1.36. The number of hydrogen-bond donors (Lipinski definition) is 0. The zero-order valence-electron chi connectivity index (χ0n) is 8.32. The van der Waals surface area contributed by atoms with E-state index in [4.69, 9.17) is 0 Å². The Morgan fingerprint density at radius 1 is 0.833 bits per heavy atom. The fraction of sp³-hybridized carbons (Fsp3) is 1.00. The van der Waals surface area contributed by atoms with Crippen molar-refractivity contribution in [3.05, 3.63) is 0 Å². The number of halogens is 1. The highest BCUT2D eigenvalue weighted by Gasteiger charge is 1.93. The molecule has 0 bridgehead atoms. The molecule has 0 saturated carbocycles. The van der Waals surface area contributed by atoms with Gasteiger partial charge in [0.05, 0.1) is 0 Å². The highest BCUT2D eigenvalue weighted by molar-refractivity contribution is 6.25. The summed E-state index contributed by atoms with van der Waals surface area (Å²) in [6, 6.07) is 0. The maximum absolute atomic E-state index is 11.8. The van der Waals surface area contributed by atoms with E-state index >= 15 is 0 Å². The minimum atomic E-state index is -0.732. The molecule has 0 aliphatic carbocycles. The molecule has 0 saturated heterocycles. The van der Waals surface area contributed by atoms with Crippen LogP contribution in [0.2, 0.25) is 5.28 Å². The molecule has 0 unspecified atom stereocenters. The Morgan fingerprint density at radius 2 is 1.33 bits per heavy atom. The molecule has 0 fully saturated rings. The van der Waals surface area contributed by atoms with Crippen LogP contribution in [-0.2, 0) is 0 Å². The predicted molar refractivity (Wildman–Crippen MR) is 54.3 cm³/mol. The zero-order chi connectivity index (χ0) is 9.07. The highest BCUT2D eigenvalue weighted by Crippen LogP contribution is 2.09. The molecule has 0 amide bonds. The van der Waals surface area contributed by atoms with Gasteiger partial charge in [0.2, 0.25) is 0 Å². The summed E-state index contributed by atoms with van der Waals surface area (Å²) in [7, 11) is 0. The van der Waals surface area contributed by atoms with E-state index in [2.05, 4.69) is 6.92 Å². The first-order valence-corrected chi connectivity index (χ1v) is 6.59. The average molecular weight is 187 g/mol. The monoisotopic (exact) mass is 187 g/mol. The van der Waals surface area contributed by atoms with Gasteiger partial charge in [-0.25, -0.2) is 0 Å². The molecule has 0 nitrogen and oxygen atoms in total. The second kappa shape index (κ2) is 11.5. The molecule has 12 heavy (non-hydrogen) atoms. The third-order valence-electron chi connectivity index (χ3n) is 2.17. The third kappa shape index (κ3) is 10.5. The van der Waals surface area contributed by atoms with Crippen molar-refractivity contribution in [1.82, 2.24) is 0 Å². The fourth-order valence-corrected chi connectivity index (χ4v) is 1.80. The molecular weight excluding hydrogens is 166 g/mol. The van der Waals surface area contributed by atoms with Crippen LogP contribution in [0.4, 0.5) is 3.52 Å². The van der Waals surface area contributed by atoms with Crippen LogP contribution >= 0.6 is 0 Å². The van der Waals surface area contributed by atoms with Crippen molar-refractivity contribution in [1.29, 1.82) is 0 Å². The first-order chi connectivity index (χ1) is 5.91. The molecule has 1 radical (unpaired) electrons. The largest absolute Gasteiger partial charge is 0.490 e. The van der Waals surface area contributed by atoms with E-state index in [9.17, 15) is 3.52 Å². The van der Waals surface area contributed by atoms with Crippen molar-refractivity contribution in [3.8, 4) is 0 Å². The minimum absolute atomic E-state index is 0.732. The van der Waals surface area contributed by atoms with Crippen LogP contribution in [0.3, 0.4) is 0 Å². The van der Waals surface area contributed by atoms with E-state index in [1.54, 1.807) is 0 Å². The van der Waals surface area contributed by atoms with Gasteiger partial charge in [-0.1, -0.05) is 63.6 Å². The van der Waals surface area contributed by atoms with E-state index < -0.39 is 15.7 Å². The van der Waals surface area contributed by atoms with Gasteiger partial charge in [-0.15, -0.1) is 0 Å². The van der Waals surface area contributed by atoms with Crippen LogP contribution in [0, 0.1) is 0 Å². The van der Waals surface area contributed by atoms with Gasteiger partial charge < -0.3 is 3.52 Å². The van der Waals surface area contributed by atoms with Crippen molar-refractivity contribution in [3.63, 3.8) is 0 Å². The Morgan fingerprint density at radius 3 is 1.83 bits per heavy atom. The zero-order valence-corrected chi connectivity index (χ0v) is 9.47. The van der Waals surface area contributed by atoms with Gasteiger partial charge in [0.15, 0.2) is 0 Å². The summed E-state index contributed by atoms with van der Waals surface area (Å²) < 4.78 is 11.8. The van der Waals surface area contributed by atoms with Crippen LogP contribution in [0.5, 0.6) is 0 Å². The van der Waals surface area contributed by atoms with E-state index in [1.807, 2.05) is 0 Å². The maximum atomic E-state index is 11.8.